The summed E-state index contributed by atoms with van der Waals surface area (Å²) in [5.41, 5.74) is 2.31. The summed E-state index contributed by atoms with van der Waals surface area (Å²) < 4.78 is 0. The lowest BCUT2D eigenvalue weighted by molar-refractivity contribution is 0.156. The lowest BCUT2D eigenvalue weighted by Gasteiger charge is -2.32. The van der Waals surface area contributed by atoms with E-state index < -0.39 is 0 Å². The zero-order chi connectivity index (χ0) is 13.7. The third-order valence-electron chi connectivity index (χ3n) is 3.47. The minimum absolute atomic E-state index is 0.158. The molecule has 0 bridgehead atoms. The van der Waals surface area contributed by atoms with Crippen molar-refractivity contribution in [3.8, 4) is 0 Å². The highest BCUT2D eigenvalue weighted by atomic mass is 32.1. The van der Waals surface area contributed by atoms with Crippen molar-refractivity contribution >= 4 is 11.3 Å². The highest BCUT2D eigenvalue weighted by Gasteiger charge is 2.27. The average molecular weight is 275 g/mol. The summed E-state index contributed by atoms with van der Waals surface area (Å²) in [6.07, 6.45) is 0. The molecule has 0 aliphatic carbocycles. The van der Waals surface area contributed by atoms with Gasteiger partial charge in [-0.3, -0.25) is 0 Å². The van der Waals surface area contributed by atoms with Gasteiger partial charge in [0, 0.05) is 18.5 Å². The van der Waals surface area contributed by atoms with Crippen molar-refractivity contribution in [3.63, 3.8) is 0 Å². The molecule has 2 rings (SSSR count). The largest absolute Gasteiger partial charge is 0.395 e. The predicted molar refractivity (Wildman–Crippen MR) is 81.5 cm³/mol. The van der Waals surface area contributed by atoms with E-state index in [1.165, 1.54) is 11.1 Å². The van der Waals surface area contributed by atoms with E-state index in [9.17, 15) is 5.11 Å². The van der Waals surface area contributed by atoms with E-state index in [1.807, 2.05) is 18.2 Å². The second-order valence-corrected chi connectivity index (χ2v) is 6.17. The van der Waals surface area contributed by atoms with Gasteiger partial charge < -0.3 is 10.0 Å². The summed E-state index contributed by atoms with van der Waals surface area (Å²) >= 11 is 1.73. The molecule has 1 N–H and O–H groups in total. The Labute approximate surface area is 119 Å². The molecule has 0 saturated heterocycles. The summed E-state index contributed by atoms with van der Waals surface area (Å²) in [5, 5.41) is 14.1. The minimum atomic E-state index is -0.216. The zero-order valence-corrected chi connectivity index (χ0v) is 12.4. The predicted octanol–water partition coefficient (Wildman–Crippen LogP) is 3.13. The third kappa shape index (κ3) is 3.66. The van der Waals surface area contributed by atoms with Gasteiger partial charge in [0.15, 0.2) is 0 Å². The Balaban J connectivity index is 2.06. The van der Waals surface area contributed by atoms with Crippen LogP contribution in [-0.2, 0) is 12.0 Å². The van der Waals surface area contributed by atoms with E-state index in [0.717, 1.165) is 13.1 Å². The van der Waals surface area contributed by atoms with E-state index in [2.05, 4.69) is 47.8 Å². The molecule has 1 atom stereocenters. The molecule has 0 amide bonds. The van der Waals surface area contributed by atoms with Crippen LogP contribution in [0.15, 0.2) is 47.2 Å². The van der Waals surface area contributed by atoms with Gasteiger partial charge in [-0.2, -0.15) is 11.3 Å². The highest BCUT2D eigenvalue weighted by Crippen LogP contribution is 2.24. The van der Waals surface area contributed by atoms with Crippen molar-refractivity contribution in [2.45, 2.75) is 18.9 Å². The number of hydrogen-bond acceptors (Lipinski definition) is 3. The number of hydrogen-bond donors (Lipinski definition) is 1. The maximum atomic E-state index is 9.79. The van der Waals surface area contributed by atoms with Gasteiger partial charge in [0.05, 0.1) is 6.61 Å². The standard InChI is InChI=1S/C16H21NOS/c1-16(13-18,15-6-4-3-5-7-15)12-17(2)10-14-8-9-19-11-14/h3-9,11,18H,10,12-13H2,1-2H3. The van der Waals surface area contributed by atoms with Crippen molar-refractivity contribution in [1.82, 2.24) is 4.90 Å². The average Bonchev–Trinajstić information content (AvgIpc) is 2.92. The fourth-order valence-electron chi connectivity index (χ4n) is 2.42. The Morgan fingerprint density at radius 2 is 1.95 bits per heavy atom. The van der Waals surface area contributed by atoms with Crippen LogP contribution < -0.4 is 0 Å². The van der Waals surface area contributed by atoms with E-state index >= 15 is 0 Å². The Bertz CT molecular complexity index is 483. The van der Waals surface area contributed by atoms with Gasteiger partial charge in [0.25, 0.3) is 0 Å². The van der Waals surface area contributed by atoms with Crippen LogP contribution >= 0.6 is 11.3 Å². The molecule has 1 heterocycles. The van der Waals surface area contributed by atoms with E-state index in [-0.39, 0.29) is 12.0 Å². The van der Waals surface area contributed by atoms with Crippen molar-refractivity contribution in [3.05, 3.63) is 58.3 Å². The Morgan fingerprint density at radius 3 is 2.53 bits per heavy atom. The molecule has 0 saturated carbocycles. The van der Waals surface area contributed by atoms with Gasteiger partial charge in [-0.25, -0.2) is 0 Å². The van der Waals surface area contributed by atoms with Crippen molar-refractivity contribution in [2.75, 3.05) is 20.2 Å². The molecule has 3 heteroatoms. The van der Waals surface area contributed by atoms with Gasteiger partial charge in [0.1, 0.15) is 0 Å². The third-order valence-corrected chi connectivity index (χ3v) is 4.20. The monoisotopic (exact) mass is 275 g/mol. The Hall–Kier alpha value is -1.16. The number of rotatable bonds is 6. The maximum Gasteiger partial charge on any atom is 0.0537 e. The van der Waals surface area contributed by atoms with Crippen LogP contribution in [0.2, 0.25) is 0 Å². The maximum absolute atomic E-state index is 9.79. The molecule has 1 aromatic heterocycles. The van der Waals surface area contributed by atoms with Gasteiger partial charge in [-0.05, 0) is 35.0 Å². The molecular formula is C16H21NOS. The van der Waals surface area contributed by atoms with Crippen LogP contribution in [0, 0.1) is 0 Å². The fourth-order valence-corrected chi connectivity index (χ4v) is 3.08. The van der Waals surface area contributed by atoms with Crippen molar-refractivity contribution in [1.29, 1.82) is 0 Å². The van der Waals surface area contributed by atoms with Crippen LogP contribution in [0.1, 0.15) is 18.1 Å². The number of likely N-dealkylation sites (N-methyl/N-ethyl adjacent to an activating group) is 1. The van der Waals surface area contributed by atoms with Crippen LogP contribution in [0.3, 0.4) is 0 Å². The lowest BCUT2D eigenvalue weighted by atomic mass is 9.83. The number of thiophene rings is 1. The second kappa shape index (κ2) is 6.33. The molecule has 0 fully saturated rings. The zero-order valence-electron chi connectivity index (χ0n) is 11.5. The quantitative estimate of drug-likeness (QED) is 0.875. The fraction of sp³-hybridized carbons (Fsp3) is 0.375. The lowest BCUT2D eigenvalue weighted by Crippen LogP contribution is -2.39. The number of nitrogens with zero attached hydrogens (tertiary/aromatic N) is 1. The molecule has 102 valence electrons. The molecular weight excluding hydrogens is 254 g/mol. The summed E-state index contributed by atoms with van der Waals surface area (Å²) in [7, 11) is 2.11. The van der Waals surface area contributed by atoms with Gasteiger partial charge in [-0.1, -0.05) is 37.3 Å². The second-order valence-electron chi connectivity index (χ2n) is 5.39. The first-order chi connectivity index (χ1) is 9.14. The topological polar surface area (TPSA) is 23.5 Å². The van der Waals surface area contributed by atoms with Crippen LogP contribution in [0.25, 0.3) is 0 Å². The van der Waals surface area contributed by atoms with Gasteiger partial charge in [-0.15, -0.1) is 0 Å². The van der Waals surface area contributed by atoms with Crippen molar-refractivity contribution in [2.24, 2.45) is 0 Å². The number of aliphatic hydroxyl groups is 1. The molecule has 0 aliphatic heterocycles. The molecule has 1 unspecified atom stereocenters. The smallest absolute Gasteiger partial charge is 0.0537 e. The highest BCUT2D eigenvalue weighted by molar-refractivity contribution is 7.07. The molecule has 19 heavy (non-hydrogen) atoms. The molecule has 0 aliphatic rings. The molecule has 2 nitrogen and oxygen atoms in total. The SMILES string of the molecule is CN(Cc1ccsc1)CC(C)(CO)c1ccccc1. The van der Waals surface area contributed by atoms with Gasteiger partial charge >= 0.3 is 0 Å². The van der Waals surface area contributed by atoms with E-state index in [4.69, 9.17) is 0 Å². The van der Waals surface area contributed by atoms with Gasteiger partial charge in [0.2, 0.25) is 0 Å². The van der Waals surface area contributed by atoms with E-state index in [0.29, 0.717) is 0 Å². The molecule has 1 aromatic carbocycles. The normalized spacial score (nSPS) is 14.5. The first-order valence-electron chi connectivity index (χ1n) is 6.50. The molecule has 0 spiro atoms. The summed E-state index contributed by atoms with van der Waals surface area (Å²) in [6, 6.07) is 12.4. The van der Waals surface area contributed by atoms with E-state index in [1.54, 1.807) is 11.3 Å². The van der Waals surface area contributed by atoms with Crippen LogP contribution in [-0.4, -0.2) is 30.2 Å². The van der Waals surface area contributed by atoms with Crippen LogP contribution in [0.4, 0.5) is 0 Å². The summed E-state index contributed by atoms with van der Waals surface area (Å²) in [6.45, 7) is 4.03. The Kier molecular flexibility index (Phi) is 4.75. The summed E-state index contributed by atoms with van der Waals surface area (Å²) in [4.78, 5) is 2.27. The molecule has 0 radical (unpaired) electrons. The number of benzene rings is 1. The summed E-state index contributed by atoms with van der Waals surface area (Å²) in [5.74, 6) is 0. The first-order valence-corrected chi connectivity index (χ1v) is 7.44. The molecule has 2 aromatic rings. The minimum Gasteiger partial charge on any atom is -0.395 e. The Morgan fingerprint density at radius 1 is 1.21 bits per heavy atom. The van der Waals surface area contributed by atoms with Crippen molar-refractivity contribution < 1.29 is 5.11 Å². The van der Waals surface area contributed by atoms with Crippen LogP contribution in [0.5, 0.6) is 0 Å². The first kappa shape index (κ1) is 14.3. The number of aliphatic hydroxyl groups excluding tert-OH is 1.